The molecule has 0 atom stereocenters. The third-order valence-corrected chi connectivity index (χ3v) is 3.36. The highest BCUT2D eigenvalue weighted by Crippen LogP contribution is 2.21. The Labute approximate surface area is 119 Å². The standard InChI is InChI=1S/C14H11N7/c15-12-10-6-11-14(19-20-18-11)17-13(10)16-8-21(12)7-9-4-2-1-3-5-9/h1-6,8H,7,15H2. The van der Waals surface area contributed by atoms with E-state index in [0.717, 1.165) is 10.9 Å². The van der Waals surface area contributed by atoms with E-state index in [0.29, 0.717) is 29.2 Å². The number of anilines is 1. The lowest BCUT2D eigenvalue weighted by molar-refractivity contribution is 0.787. The van der Waals surface area contributed by atoms with E-state index in [2.05, 4.69) is 25.4 Å². The van der Waals surface area contributed by atoms with Crippen LogP contribution in [0.15, 0.2) is 42.7 Å². The quantitative estimate of drug-likeness (QED) is 0.595. The molecular weight excluding hydrogens is 266 g/mol. The summed E-state index contributed by atoms with van der Waals surface area (Å²) in [5.41, 5.74) is 9.04. The number of fused-ring (bicyclic) bond motifs is 2. The molecule has 0 bridgehead atoms. The lowest BCUT2D eigenvalue weighted by atomic mass is 10.2. The molecule has 1 aromatic carbocycles. The summed E-state index contributed by atoms with van der Waals surface area (Å²) in [5.74, 6) is 0.598. The first kappa shape index (κ1) is 11.7. The van der Waals surface area contributed by atoms with Crippen LogP contribution in [0.1, 0.15) is 5.56 Å². The van der Waals surface area contributed by atoms with E-state index >= 15 is 0 Å². The maximum Gasteiger partial charge on any atom is 0.206 e. The number of hydrogen-bond acceptors (Lipinski definition) is 6. The largest absolute Gasteiger partial charge is 0.384 e. The topological polar surface area (TPSA) is 95.4 Å². The molecule has 21 heavy (non-hydrogen) atoms. The minimum Gasteiger partial charge on any atom is -0.384 e. The Bertz CT molecular complexity index is 930. The van der Waals surface area contributed by atoms with Gasteiger partial charge in [-0.3, -0.25) is 0 Å². The van der Waals surface area contributed by atoms with Crippen molar-refractivity contribution in [1.82, 2.24) is 29.9 Å². The van der Waals surface area contributed by atoms with Gasteiger partial charge in [-0.15, -0.1) is 10.2 Å². The number of nitrogen functional groups attached to an aromatic ring is 1. The first-order valence-electron chi connectivity index (χ1n) is 6.45. The molecule has 3 aromatic heterocycles. The fourth-order valence-electron chi connectivity index (χ4n) is 2.28. The summed E-state index contributed by atoms with van der Waals surface area (Å²) in [5, 5.41) is 12.1. The van der Waals surface area contributed by atoms with Crippen LogP contribution in [0.5, 0.6) is 0 Å². The molecule has 7 heteroatoms. The zero-order chi connectivity index (χ0) is 14.2. The van der Waals surface area contributed by atoms with E-state index in [1.165, 1.54) is 0 Å². The summed E-state index contributed by atoms with van der Waals surface area (Å²) in [4.78, 5) is 8.65. The molecular formula is C14H11N7. The monoisotopic (exact) mass is 277 g/mol. The van der Waals surface area contributed by atoms with E-state index in [-0.39, 0.29) is 0 Å². The lowest BCUT2D eigenvalue weighted by Crippen LogP contribution is -2.09. The fourth-order valence-corrected chi connectivity index (χ4v) is 2.28. The lowest BCUT2D eigenvalue weighted by Gasteiger charge is -2.11. The van der Waals surface area contributed by atoms with Crippen molar-refractivity contribution in [2.24, 2.45) is 0 Å². The Balaban J connectivity index is 1.86. The zero-order valence-corrected chi connectivity index (χ0v) is 11.0. The molecule has 4 aromatic rings. The van der Waals surface area contributed by atoms with Crippen molar-refractivity contribution < 1.29 is 0 Å². The predicted molar refractivity (Wildman–Crippen MR) is 78.4 cm³/mol. The van der Waals surface area contributed by atoms with Crippen LogP contribution < -0.4 is 5.73 Å². The molecule has 7 nitrogen and oxygen atoms in total. The van der Waals surface area contributed by atoms with Crippen LogP contribution in [0.2, 0.25) is 0 Å². The van der Waals surface area contributed by atoms with Gasteiger partial charge in [-0.05, 0) is 16.8 Å². The number of rotatable bonds is 2. The second-order valence-corrected chi connectivity index (χ2v) is 4.74. The van der Waals surface area contributed by atoms with Gasteiger partial charge in [-0.2, -0.15) is 0 Å². The van der Waals surface area contributed by atoms with Gasteiger partial charge in [0.15, 0.2) is 5.65 Å². The van der Waals surface area contributed by atoms with Crippen LogP contribution in [0.3, 0.4) is 0 Å². The first-order chi connectivity index (χ1) is 10.3. The van der Waals surface area contributed by atoms with Crippen molar-refractivity contribution in [3.63, 3.8) is 0 Å². The number of aromatic nitrogens is 6. The molecule has 2 N–H and O–H groups in total. The van der Waals surface area contributed by atoms with Gasteiger partial charge in [-0.25, -0.2) is 9.97 Å². The summed E-state index contributed by atoms with van der Waals surface area (Å²) >= 11 is 0. The van der Waals surface area contributed by atoms with E-state index in [1.807, 2.05) is 41.0 Å². The van der Waals surface area contributed by atoms with Gasteiger partial charge in [0.05, 0.1) is 18.3 Å². The molecule has 0 saturated carbocycles. The summed E-state index contributed by atoms with van der Waals surface area (Å²) in [6.07, 6.45) is 1.69. The smallest absolute Gasteiger partial charge is 0.206 e. The average molecular weight is 277 g/mol. The van der Waals surface area contributed by atoms with Crippen molar-refractivity contribution in [1.29, 1.82) is 0 Å². The van der Waals surface area contributed by atoms with E-state index in [1.54, 1.807) is 6.33 Å². The second-order valence-electron chi connectivity index (χ2n) is 4.74. The Kier molecular flexibility index (Phi) is 2.50. The van der Waals surface area contributed by atoms with Crippen LogP contribution in [0.25, 0.3) is 22.2 Å². The molecule has 0 amide bonds. The highest BCUT2D eigenvalue weighted by atomic mass is 15.3. The minimum atomic E-state index is 0.482. The first-order valence-corrected chi connectivity index (χ1v) is 6.45. The van der Waals surface area contributed by atoms with Gasteiger partial charge in [-0.1, -0.05) is 30.3 Å². The van der Waals surface area contributed by atoms with Crippen LogP contribution in [-0.2, 0) is 6.54 Å². The summed E-state index contributed by atoms with van der Waals surface area (Å²) in [6, 6.07) is 11.9. The zero-order valence-electron chi connectivity index (χ0n) is 11.0. The Morgan fingerprint density at radius 3 is 2.76 bits per heavy atom. The number of benzene rings is 1. The molecule has 0 saturated heterocycles. The molecule has 0 aliphatic carbocycles. The number of nitrogens with zero attached hydrogens (tertiary/aromatic N) is 6. The van der Waals surface area contributed by atoms with Gasteiger partial charge in [0, 0.05) is 0 Å². The van der Waals surface area contributed by atoms with Crippen molar-refractivity contribution in [3.05, 3.63) is 48.3 Å². The summed E-state index contributed by atoms with van der Waals surface area (Å²) < 4.78 is 1.88. The van der Waals surface area contributed by atoms with Crippen LogP contribution in [0, 0.1) is 0 Å². The highest BCUT2D eigenvalue weighted by Gasteiger charge is 2.09. The van der Waals surface area contributed by atoms with Crippen molar-refractivity contribution in [2.45, 2.75) is 6.54 Å². The summed E-state index contributed by atoms with van der Waals surface area (Å²) in [7, 11) is 0. The third kappa shape index (κ3) is 1.95. The molecule has 3 heterocycles. The molecule has 0 fully saturated rings. The molecule has 0 aliphatic heterocycles. The molecule has 0 spiro atoms. The number of pyridine rings is 1. The van der Waals surface area contributed by atoms with Crippen molar-refractivity contribution in [2.75, 3.05) is 5.73 Å². The SMILES string of the molecule is Nc1c2cc3nnnc3nc2ncn1Cc1ccccc1. The van der Waals surface area contributed by atoms with Crippen LogP contribution in [-0.4, -0.2) is 29.9 Å². The molecule has 4 rings (SSSR count). The maximum atomic E-state index is 6.24. The number of hydrogen-bond donors (Lipinski definition) is 1. The van der Waals surface area contributed by atoms with E-state index in [9.17, 15) is 0 Å². The Morgan fingerprint density at radius 1 is 1.05 bits per heavy atom. The van der Waals surface area contributed by atoms with Crippen molar-refractivity contribution >= 4 is 28.0 Å². The van der Waals surface area contributed by atoms with Crippen molar-refractivity contribution in [3.8, 4) is 0 Å². The van der Waals surface area contributed by atoms with Gasteiger partial charge < -0.3 is 10.3 Å². The van der Waals surface area contributed by atoms with E-state index in [4.69, 9.17) is 5.73 Å². The Hall–Kier alpha value is -3.09. The molecule has 0 unspecified atom stereocenters. The summed E-state index contributed by atoms with van der Waals surface area (Å²) in [6.45, 7) is 0.651. The van der Waals surface area contributed by atoms with Gasteiger partial charge in [0.2, 0.25) is 5.65 Å². The molecule has 102 valence electrons. The molecule has 0 radical (unpaired) electrons. The third-order valence-electron chi connectivity index (χ3n) is 3.36. The van der Waals surface area contributed by atoms with E-state index < -0.39 is 0 Å². The Morgan fingerprint density at radius 2 is 1.90 bits per heavy atom. The second kappa shape index (κ2) is 4.48. The van der Waals surface area contributed by atoms with Gasteiger partial charge in [0.1, 0.15) is 11.3 Å². The number of nitrogens with two attached hydrogens (primary N) is 1. The predicted octanol–water partition coefficient (Wildman–Crippen LogP) is 1.40. The van der Waals surface area contributed by atoms with Crippen LogP contribution in [0.4, 0.5) is 5.82 Å². The van der Waals surface area contributed by atoms with Gasteiger partial charge in [0.25, 0.3) is 0 Å². The van der Waals surface area contributed by atoms with Crippen LogP contribution >= 0.6 is 0 Å². The highest BCUT2D eigenvalue weighted by molar-refractivity contribution is 5.92. The van der Waals surface area contributed by atoms with Gasteiger partial charge >= 0.3 is 0 Å². The average Bonchev–Trinajstić information content (AvgIpc) is 2.97. The molecule has 0 aliphatic rings. The minimum absolute atomic E-state index is 0.482. The maximum absolute atomic E-state index is 6.24. The fraction of sp³-hybridized carbons (Fsp3) is 0.0714. The normalized spacial score (nSPS) is 11.2.